The fourth-order valence-electron chi connectivity index (χ4n) is 5.75. The van der Waals surface area contributed by atoms with Crippen molar-refractivity contribution in [1.82, 2.24) is 9.47 Å². The maximum atomic E-state index is 13.8. The molecule has 1 aromatic heterocycles. The molecule has 5 heteroatoms. The Balaban J connectivity index is 1.61. The molecule has 0 unspecified atom stereocenters. The van der Waals surface area contributed by atoms with Crippen LogP contribution in [0.4, 0.5) is 0 Å². The van der Waals surface area contributed by atoms with E-state index in [1.165, 1.54) is 16.8 Å². The minimum atomic E-state index is -0.231. The molecule has 1 aliphatic heterocycles. The summed E-state index contributed by atoms with van der Waals surface area (Å²) in [6, 6.07) is 31.5. The first kappa shape index (κ1) is 27.9. The quantitative estimate of drug-likeness (QED) is 0.196. The van der Waals surface area contributed by atoms with Crippen molar-refractivity contribution in [1.29, 1.82) is 0 Å². The van der Waals surface area contributed by atoms with Gasteiger partial charge in [-0.25, -0.2) is 4.79 Å². The highest BCUT2D eigenvalue weighted by Gasteiger charge is 2.29. The summed E-state index contributed by atoms with van der Waals surface area (Å²) in [4.78, 5) is 16.2. The second kappa shape index (κ2) is 14.1. The zero-order valence-electron chi connectivity index (χ0n) is 23.6. The number of nitrogens with zero attached hydrogens (tertiary/aromatic N) is 2. The van der Waals surface area contributed by atoms with Gasteiger partial charge < -0.3 is 14.0 Å². The SMILES string of the molecule is CCOC(=O)c1c(-c2ccccc2)c(Cc2ccccc2)n(CCCN2CCOCC2)c1CCc1ccccc1. The first-order valence-corrected chi connectivity index (χ1v) is 14.6. The molecular weight excluding hydrogens is 496 g/mol. The molecule has 4 aromatic rings. The molecule has 0 radical (unpaired) electrons. The molecule has 1 fully saturated rings. The van der Waals surface area contributed by atoms with Gasteiger partial charge in [-0.3, -0.25) is 4.90 Å². The van der Waals surface area contributed by atoms with Crippen molar-refractivity contribution in [2.75, 3.05) is 39.5 Å². The smallest absolute Gasteiger partial charge is 0.340 e. The number of benzene rings is 3. The predicted octanol–water partition coefficient (Wildman–Crippen LogP) is 6.43. The Kier molecular flexibility index (Phi) is 9.83. The third-order valence-corrected chi connectivity index (χ3v) is 7.69. The van der Waals surface area contributed by atoms with Crippen molar-refractivity contribution in [2.45, 2.75) is 39.2 Å². The van der Waals surface area contributed by atoms with Crippen molar-refractivity contribution in [3.8, 4) is 11.1 Å². The molecule has 0 N–H and O–H groups in total. The molecule has 3 aromatic carbocycles. The predicted molar refractivity (Wildman–Crippen MR) is 161 cm³/mol. The van der Waals surface area contributed by atoms with Crippen LogP contribution in [0.25, 0.3) is 11.1 Å². The minimum Gasteiger partial charge on any atom is -0.462 e. The number of ether oxygens (including phenoxy) is 2. The summed E-state index contributed by atoms with van der Waals surface area (Å²) in [5, 5.41) is 0. The van der Waals surface area contributed by atoms with Crippen LogP contribution in [0.1, 0.15) is 46.2 Å². The van der Waals surface area contributed by atoms with E-state index in [0.717, 1.165) is 87.5 Å². The summed E-state index contributed by atoms with van der Waals surface area (Å²) in [7, 11) is 0. The van der Waals surface area contributed by atoms with Crippen LogP contribution in [0, 0.1) is 0 Å². The lowest BCUT2D eigenvalue weighted by Gasteiger charge is -2.27. The number of esters is 1. The Labute approximate surface area is 238 Å². The maximum absolute atomic E-state index is 13.8. The Hall–Kier alpha value is -3.67. The molecule has 0 atom stereocenters. The van der Waals surface area contributed by atoms with Gasteiger partial charge in [0, 0.05) is 49.6 Å². The second-order valence-electron chi connectivity index (χ2n) is 10.3. The third-order valence-electron chi connectivity index (χ3n) is 7.69. The Morgan fingerprint density at radius 1 is 0.775 bits per heavy atom. The number of carbonyl (C=O) groups excluding carboxylic acids is 1. The van der Waals surface area contributed by atoms with Gasteiger partial charge >= 0.3 is 5.97 Å². The molecule has 5 rings (SSSR count). The molecule has 0 bridgehead atoms. The zero-order chi connectivity index (χ0) is 27.6. The van der Waals surface area contributed by atoms with Crippen LogP contribution in [0.3, 0.4) is 0 Å². The highest BCUT2D eigenvalue weighted by Crippen LogP contribution is 2.36. The van der Waals surface area contributed by atoms with E-state index in [4.69, 9.17) is 9.47 Å². The van der Waals surface area contributed by atoms with Crippen molar-refractivity contribution < 1.29 is 14.3 Å². The van der Waals surface area contributed by atoms with E-state index in [2.05, 4.69) is 88.3 Å². The molecule has 1 saturated heterocycles. The summed E-state index contributed by atoms with van der Waals surface area (Å²) in [5.74, 6) is -0.231. The fourth-order valence-corrected chi connectivity index (χ4v) is 5.75. The minimum absolute atomic E-state index is 0.231. The van der Waals surface area contributed by atoms with Crippen molar-refractivity contribution in [2.24, 2.45) is 0 Å². The van der Waals surface area contributed by atoms with E-state index < -0.39 is 0 Å². The lowest BCUT2D eigenvalue weighted by Crippen LogP contribution is -2.37. The fraction of sp³-hybridized carbons (Fsp3) is 0.343. The van der Waals surface area contributed by atoms with Crippen LogP contribution < -0.4 is 0 Å². The Morgan fingerprint density at radius 2 is 1.40 bits per heavy atom. The van der Waals surface area contributed by atoms with Gasteiger partial charge in [0.05, 0.1) is 25.4 Å². The van der Waals surface area contributed by atoms with Crippen LogP contribution in [0.5, 0.6) is 0 Å². The second-order valence-corrected chi connectivity index (χ2v) is 10.3. The van der Waals surface area contributed by atoms with E-state index in [1.54, 1.807) is 0 Å². The summed E-state index contributed by atoms with van der Waals surface area (Å²) in [6.45, 7) is 7.66. The molecule has 0 saturated carbocycles. The molecule has 40 heavy (non-hydrogen) atoms. The molecule has 5 nitrogen and oxygen atoms in total. The lowest BCUT2D eigenvalue weighted by atomic mass is 9.96. The first-order chi connectivity index (χ1) is 19.7. The topological polar surface area (TPSA) is 43.7 Å². The number of aryl methyl sites for hydroxylation is 1. The van der Waals surface area contributed by atoms with Gasteiger partial charge in [-0.2, -0.15) is 0 Å². The van der Waals surface area contributed by atoms with Crippen LogP contribution in [0.15, 0.2) is 91.0 Å². The monoisotopic (exact) mass is 536 g/mol. The van der Waals surface area contributed by atoms with Crippen LogP contribution >= 0.6 is 0 Å². The molecule has 0 aliphatic carbocycles. The highest BCUT2D eigenvalue weighted by atomic mass is 16.5. The van der Waals surface area contributed by atoms with Gasteiger partial charge in [0.25, 0.3) is 0 Å². The standard InChI is InChI=1S/C35H40N2O3/c1-2-40-35(38)34-31(20-19-28-13-6-3-7-14-28)37(22-12-21-36-23-25-39-26-24-36)32(27-29-15-8-4-9-16-29)33(34)30-17-10-5-11-18-30/h3-11,13-18H,2,12,19-27H2,1H3. The summed E-state index contributed by atoms with van der Waals surface area (Å²) in [5.41, 5.74) is 7.56. The van der Waals surface area contributed by atoms with Gasteiger partial charge in [-0.05, 0) is 42.9 Å². The molecule has 2 heterocycles. The van der Waals surface area contributed by atoms with Crippen LogP contribution in [-0.4, -0.2) is 54.9 Å². The van der Waals surface area contributed by atoms with Gasteiger partial charge in [0.2, 0.25) is 0 Å². The maximum Gasteiger partial charge on any atom is 0.340 e. The number of carbonyl (C=O) groups is 1. The summed E-state index contributed by atoms with van der Waals surface area (Å²) in [6.07, 6.45) is 3.38. The van der Waals surface area contributed by atoms with E-state index in [-0.39, 0.29) is 5.97 Å². The highest BCUT2D eigenvalue weighted by molar-refractivity contribution is 6.00. The number of hydrogen-bond acceptors (Lipinski definition) is 4. The van der Waals surface area contributed by atoms with Crippen LogP contribution in [0.2, 0.25) is 0 Å². The third kappa shape index (κ3) is 6.90. The number of hydrogen-bond donors (Lipinski definition) is 0. The summed E-state index contributed by atoms with van der Waals surface area (Å²) < 4.78 is 13.7. The number of rotatable bonds is 12. The van der Waals surface area contributed by atoms with E-state index in [0.29, 0.717) is 6.61 Å². The van der Waals surface area contributed by atoms with Crippen molar-refractivity contribution >= 4 is 5.97 Å². The number of morpholine rings is 1. The number of aromatic nitrogens is 1. The molecule has 0 spiro atoms. The van der Waals surface area contributed by atoms with E-state index in [9.17, 15) is 4.79 Å². The van der Waals surface area contributed by atoms with Gasteiger partial charge in [0.1, 0.15) is 0 Å². The Bertz CT molecular complexity index is 1340. The zero-order valence-corrected chi connectivity index (χ0v) is 23.6. The van der Waals surface area contributed by atoms with Gasteiger partial charge in [-0.15, -0.1) is 0 Å². The van der Waals surface area contributed by atoms with E-state index >= 15 is 0 Å². The Morgan fingerprint density at radius 3 is 2.05 bits per heavy atom. The molecule has 1 aliphatic rings. The summed E-state index contributed by atoms with van der Waals surface area (Å²) >= 11 is 0. The van der Waals surface area contributed by atoms with Gasteiger partial charge in [-0.1, -0.05) is 91.0 Å². The largest absolute Gasteiger partial charge is 0.462 e. The molecule has 0 amide bonds. The lowest BCUT2D eigenvalue weighted by molar-refractivity contribution is 0.0369. The average molecular weight is 537 g/mol. The normalized spacial score (nSPS) is 13.8. The first-order valence-electron chi connectivity index (χ1n) is 14.6. The average Bonchev–Trinajstić information content (AvgIpc) is 3.31. The molecule has 208 valence electrons. The van der Waals surface area contributed by atoms with Gasteiger partial charge in [0.15, 0.2) is 0 Å². The van der Waals surface area contributed by atoms with Crippen molar-refractivity contribution in [3.63, 3.8) is 0 Å². The van der Waals surface area contributed by atoms with Crippen LogP contribution in [-0.2, 0) is 35.3 Å². The van der Waals surface area contributed by atoms with Crippen molar-refractivity contribution in [3.05, 3.63) is 119 Å². The molecular formula is C35H40N2O3. The van der Waals surface area contributed by atoms with E-state index in [1.807, 2.05) is 19.1 Å².